The molecule has 5 aromatic rings. The highest BCUT2D eigenvalue weighted by Gasteiger charge is 2.20. The van der Waals surface area contributed by atoms with Crippen LogP contribution in [0, 0.1) is 13.8 Å². The fraction of sp³-hybridized carbons (Fsp3) is 0.111. The Bertz CT molecular complexity index is 1730. The Labute approximate surface area is 251 Å². The number of amides is 2. The monoisotopic (exact) mass is 574 g/mol. The van der Waals surface area contributed by atoms with Crippen molar-refractivity contribution < 1.29 is 14.3 Å². The summed E-state index contributed by atoms with van der Waals surface area (Å²) in [5.74, 6) is 0.0782. The van der Waals surface area contributed by atoms with Crippen molar-refractivity contribution in [3.05, 3.63) is 148 Å². The topological polar surface area (TPSA) is 58.6 Å². The zero-order valence-electron chi connectivity index (χ0n) is 23.7. The van der Waals surface area contributed by atoms with Crippen molar-refractivity contribution in [1.82, 2.24) is 0 Å². The molecule has 0 heterocycles. The van der Waals surface area contributed by atoms with E-state index in [9.17, 15) is 9.59 Å². The van der Waals surface area contributed by atoms with Crippen molar-refractivity contribution in [2.45, 2.75) is 20.5 Å². The second-order valence-electron chi connectivity index (χ2n) is 10.1. The van der Waals surface area contributed by atoms with Crippen LogP contribution in [0.5, 0.6) is 5.75 Å². The predicted molar refractivity (Wildman–Crippen MR) is 171 cm³/mol. The Balaban J connectivity index is 1.33. The molecule has 0 aliphatic carbocycles. The van der Waals surface area contributed by atoms with Gasteiger partial charge in [0.25, 0.3) is 11.8 Å². The number of aryl methyl sites for hydroxylation is 2. The van der Waals surface area contributed by atoms with Crippen LogP contribution < -0.4 is 15.0 Å². The quantitative estimate of drug-likeness (QED) is 0.201. The van der Waals surface area contributed by atoms with Crippen molar-refractivity contribution in [3.8, 4) is 16.9 Å². The first-order valence-corrected chi connectivity index (χ1v) is 14.0. The standard InChI is InChI=1S/C36H31ClN2O3/c1-24-13-15-27(16-14-24)30-11-7-8-12-31(30)35(40)38-32-19-17-28(21-25(32)2)36(41)39(3)33-20-18-29(37)22-34(33)42-23-26-9-5-4-6-10-26/h4-22H,23H2,1-3H3,(H,38,40). The molecule has 0 unspecified atom stereocenters. The zero-order chi connectivity index (χ0) is 29.6. The minimum absolute atomic E-state index is 0.215. The van der Waals surface area contributed by atoms with Gasteiger partial charge in [0.15, 0.2) is 0 Å². The van der Waals surface area contributed by atoms with Gasteiger partial charge in [0.05, 0.1) is 5.69 Å². The molecule has 0 spiro atoms. The van der Waals surface area contributed by atoms with Crippen molar-refractivity contribution in [2.24, 2.45) is 0 Å². The van der Waals surface area contributed by atoms with Crippen molar-refractivity contribution in [2.75, 3.05) is 17.3 Å². The molecule has 42 heavy (non-hydrogen) atoms. The molecule has 0 atom stereocenters. The summed E-state index contributed by atoms with van der Waals surface area (Å²) in [6, 6.07) is 35.9. The van der Waals surface area contributed by atoms with E-state index in [1.165, 1.54) is 0 Å². The van der Waals surface area contributed by atoms with Gasteiger partial charge in [0, 0.05) is 35.0 Å². The zero-order valence-corrected chi connectivity index (χ0v) is 24.5. The molecule has 0 saturated carbocycles. The predicted octanol–water partition coefficient (Wildman–Crippen LogP) is 8.73. The molecule has 0 fully saturated rings. The van der Waals surface area contributed by atoms with E-state index in [1.54, 1.807) is 48.3 Å². The molecule has 5 rings (SSSR count). The molecule has 0 radical (unpaired) electrons. The molecular formula is C36H31ClN2O3. The fourth-order valence-corrected chi connectivity index (χ4v) is 4.87. The third-order valence-corrected chi connectivity index (χ3v) is 7.32. The van der Waals surface area contributed by atoms with E-state index in [0.717, 1.165) is 27.8 Å². The smallest absolute Gasteiger partial charge is 0.258 e. The van der Waals surface area contributed by atoms with Crippen LogP contribution in [0.4, 0.5) is 11.4 Å². The minimum atomic E-state index is -0.216. The number of rotatable bonds is 8. The number of nitrogens with zero attached hydrogens (tertiary/aromatic N) is 1. The van der Waals surface area contributed by atoms with E-state index in [1.807, 2.05) is 92.7 Å². The molecule has 0 aromatic heterocycles. The Morgan fingerprint density at radius 3 is 2.26 bits per heavy atom. The molecule has 0 aliphatic rings. The van der Waals surface area contributed by atoms with E-state index in [-0.39, 0.29) is 11.8 Å². The number of carbonyl (C=O) groups is 2. The second kappa shape index (κ2) is 12.8. The van der Waals surface area contributed by atoms with E-state index in [2.05, 4.69) is 5.32 Å². The first-order valence-electron chi connectivity index (χ1n) is 13.6. The number of nitrogens with one attached hydrogen (secondary N) is 1. The van der Waals surface area contributed by atoms with Crippen LogP contribution >= 0.6 is 11.6 Å². The highest BCUT2D eigenvalue weighted by Crippen LogP contribution is 2.33. The normalized spacial score (nSPS) is 10.7. The van der Waals surface area contributed by atoms with Crippen molar-refractivity contribution >= 4 is 34.8 Å². The number of halogens is 1. The molecule has 210 valence electrons. The molecule has 2 amide bonds. The minimum Gasteiger partial charge on any atom is -0.487 e. The van der Waals surface area contributed by atoms with Gasteiger partial charge in [-0.2, -0.15) is 0 Å². The van der Waals surface area contributed by atoms with Gasteiger partial charge in [-0.1, -0.05) is 90.0 Å². The van der Waals surface area contributed by atoms with Crippen LogP contribution in [0.3, 0.4) is 0 Å². The number of carbonyl (C=O) groups excluding carboxylic acids is 2. The number of anilines is 2. The van der Waals surface area contributed by atoms with Crippen LogP contribution in [0.1, 0.15) is 37.4 Å². The maximum atomic E-state index is 13.5. The van der Waals surface area contributed by atoms with Crippen LogP contribution in [0.25, 0.3) is 11.1 Å². The number of ether oxygens (including phenoxy) is 1. The first-order chi connectivity index (χ1) is 20.3. The fourth-order valence-electron chi connectivity index (χ4n) is 4.71. The molecular weight excluding hydrogens is 544 g/mol. The van der Waals surface area contributed by atoms with Gasteiger partial charge < -0.3 is 15.0 Å². The van der Waals surface area contributed by atoms with Gasteiger partial charge in [-0.25, -0.2) is 0 Å². The SMILES string of the molecule is Cc1ccc(-c2ccccc2C(=O)Nc2ccc(C(=O)N(C)c3ccc(Cl)cc3OCc3ccccc3)cc2C)cc1. The summed E-state index contributed by atoms with van der Waals surface area (Å²) >= 11 is 6.26. The summed E-state index contributed by atoms with van der Waals surface area (Å²) in [6.45, 7) is 4.25. The van der Waals surface area contributed by atoms with E-state index < -0.39 is 0 Å². The molecule has 0 saturated heterocycles. The second-order valence-corrected chi connectivity index (χ2v) is 10.6. The molecule has 5 aromatic carbocycles. The van der Waals surface area contributed by atoms with Crippen LogP contribution in [0.2, 0.25) is 5.02 Å². The van der Waals surface area contributed by atoms with Gasteiger partial charge in [0.2, 0.25) is 0 Å². The summed E-state index contributed by atoms with van der Waals surface area (Å²) in [6.07, 6.45) is 0. The van der Waals surface area contributed by atoms with E-state index >= 15 is 0 Å². The summed E-state index contributed by atoms with van der Waals surface area (Å²) in [5.41, 5.74) is 7.06. The third kappa shape index (κ3) is 6.54. The van der Waals surface area contributed by atoms with Crippen molar-refractivity contribution in [3.63, 3.8) is 0 Å². The highest BCUT2D eigenvalue weighted by molar-refractivity contribution is 6.30. The Morgan fingerprint density at radius 2 is 1.52 bits per heavy atom. The highest BCUT2D eigenvalue weighted by atomic mass is 35.5. The largest absolute Gasteiger partial charge is 0.487 e. The Kier molecular flexibility index (Phi) is 8.70. The molecule has 1 N–H and O–H groups in total. The lowest BCUT2D eigenvalue weighted by molar-refractivity contribution is 0.0990. The lowest BCUT2D eigenvalue weighted by Crippen LogP contribution is -2.27. The lowest BCUT2D eigenvalue weighted by Gasteiger charge is -2.22. The van der Waals surface area contributed by atoms with Crippen LogP contribution in [-0.2, 0) is 6.61 Å². The van der Waals surface area contributed by atoms with Crippen molar-refractivity contribution in [1.29, 1.82) is 0 Å². The van der Waals surface area contributed by atoms with Gasteiger partial charge in [-0.05, 0) is 72.5 Å². The summed E-state index contributed by atoms with van der Waals surface area (Å²) in [5, 5.41) is 3.54. The van der Waals surface area contributed by atoms with Gasteiger partial charge in [-0.3, -0.25) is 9.59 Å². The first kappa shape index (κ1) is 28.7. The molecule has 0 bridgehead atoms. The molecule has 0 aliphatic heterocycles. The lowest BCUT2D eigenvalue weighted by atomic mass is 9.98. The Hall–Kier alpha value is -4.87. The van der Waals surface area contributed by atoms with E-state index in [4.69, 9.17) is 16.3 Å². The number of hydrogen-bond donors (Lipinski definition) is 1. The summed E-state index contributed by atoms with van der Waals surface area (Å²) < 4.78 is 6.06. The number of benzene rings is 5. The number of hydrogen-bond acceptors (Lipinski definition) is 3. The molecule has 5 nitrogen and oxygen atoms in total. The van der Waals surface area contributed by atoms with Gasteiger partial charge in [0.1, 0.15) is 12.4 Å². The maximum absolute atomic E-state index is 13.5. The summed E-state index contributed by atoms with van der Waals surface area (Å²) in [7, 11) is 1.70. The third-order valence-electron chi connectivity index (χ3n) is 7.08. The molecule has 6 heteroatoms. The summed E-state index contributed by atoms with van der Waals surface area (Å²) in [4.78, 5) is 28.4. The average Bonchev–Trinajstić information content (AvgIpc) is 3.01. The van der Waals surface area contributed by atoms with Crippen LogP contribution in [-0.4, -0.2) is 18.9 Å². The van der Waals surface area contributed by atoms with Gasteiger partial charge >= 0.3 is 0 Å². The van der Waals surface area contributed by atoms with Crippen LogP contribution in [0.15, 0.2) is 115 Å². The van der Waals surface area contributed by atoms with Gasteiger partial charge in [-0.15, -0.1) is 0 Å². The van der Waals surface area contributed by atoms with E-state index in [0.29, 0.717) is 39.9 Å². The Morgan fingerprint density at radius 1 is 0.810 bits per heavy atom. The maximum Gasteiger partial charge on any atom is 0.258 e. The average molecular weight is 575 g/mol.